The Morgan fingerprint density at radius 3 is 2.38 bits per heavy atom. The number of ketones is 1. The first-order valence-electron chi connectivity index (χ1n) is 11.0. The van der Waals surface area contributed by atoms with E-state index in [2.05, 4.69) is 40.1 Å². The van der Waals surface area contributed by atoms with Crippen LogP contribution in [0, 0.1) is 5.92 Å². The van der Waals surface area contributed by atoms with Gasteiger partial charge in [0, 0.05) is 35.6 Å². The molecule has 1 unspecified atom stereocenters. The SMILES string of the molecule is O=C(c1ccc(Cl)cc1)C1CCCN(C2CCN(CCc3ccccc3)CC2)C1. The Morgan fingerprint density at radius 1 is 0.931 bits per heavy atom. The zero-order valence-electron chi connectivity index (χ0n) is 17.1. The molecule has 2 aromatic carbocycles. The zero-order valence-corrected chi connectivity index (χ0v) is 17.9. The largest absolute Gasteiger partial charge is 0.303 e. The third-order valence-corrected chi connectivity index (χ3v) is 6.84. The van der Waals surface area contributed by atoms with Gasteiger partial charge < -0.3 is 4.90 Å². The van der Waals surface area contributed by atoms with E-state index in [0.29, 0.717) is 11.1 Å². The van der Waals surface area contributed by atoms with Gasteiger partial charge in [-0.25, -0.2) is 0 Å². The number of hydrogen-bond acceptors (Lipinski definition) is 3. The molecule has 0 amide bonds. The fraction of sp³-hybridized carbons (Fsp3) is 0.480. The molecule has 0 saturated carbocycles. The Labute approximate surface area is 179 Å². The number of nitrogens with zero attached hydrogens (tertiary/aromatic N) is 2. The minimum atomic E-state index is 0.126. The molecule has 29 heavy (non-hydrogen) atoms. The number of Topliss-reactive ketones (excluding diaryl/α,β-unsaturated/α-hetero) is 1. The third kappa shape index (κ3) is 5.48. The lowest BCUT2D eigenvalue weighted by Crippen LogP contribution is -2.49. The molecule has 0 spiro atoms. The molecule has 0 bridgehead atoms. The van der Waals surface area contributed by atoms with Crippen LogP contribution in [-0.4, -0.2) is 54.3 Å². The zero-order chi connectivity index (χ0) is 20.1. The summed E-state index contributed by atoms with van der Waals surface area (Å²) < 4.78 is 0. The molecule has 2 saturated heterocycles. The van der Waals surface area contributed by atoms with Gasteiger partial charge in [-0.05, 0) is 81.6 Å². The minimum absolute atomic E-state index is 0.126. The maximum atomic E-state index is 12.9. The summed E-state index contributed by atoms with van der Waals surface area (Å²) in [5.41, 5.74) is 2.23. The molecule has 4 rings (SSSR count). The summed E-state index contributed by atoms with van der Waals surface area (Å²) in [6.07, 6.45) is 5.70. The lowest BCUT2D eigenvalue weighted by molar-refractivity contribution is 0.0598. The van der Waals surface area contributed by atoms with E-state index in [-0.39, 0.29) is 11.7 Å². The summed E-state index contributed by atoms with van der Waals surface area (Å²) >= 11 is 5.97. The van der Waals surface area contributed by atoms with Gasteiger partial charge >= 0.3 is 0 Å². The fourth-order valence-corrected chi connectivity index (χ4v) is 4.97. The van der Waals surface area contributed by atoms with E-state index < -0.39 is 0 Å². The second kappa shape index (κ2) is 9.88. The van der Waals surface area contributed by atoms with E-state index in [1.165, 1.54) is 31.5 Å². The van der Waals surface area contributed by atoms with Gasteiger partial charge in [-0.15, -0.1) is 0 Å². The Kier molecular flexibility index (Phi) is 7.02. The van der Waals surface area contributed by atoms with E-state index >= 15 is 0 Å². The maximum absolute atomic E-state index is 12.9. The molecular weight excluding hydrogens is 380 g/mol. The van der Waals surface area contributed by atoms with Gasteiger partial charge in [0.2, 0.25) is 0 Å². The summed E-state index contributed by atoms with van der Waals surface area (Å²) in [4.78, 5) is 18.1. The Bertz CT molecular complexity index is 784. The normalized spacial score (nSPS) is 21.9. The summed E-state index contributed by atoms with van der Waals surface area (Å²) in [7, 11) is 0. The van der Waals surface area contributed by atoms with Crippen molar-refractivity contribution in [2.24, 2.45) is 5.92 Å². The topological polar surface area (TPSA) is 23.6 Å². The quantitative estimate of drug-likeness (QED) is 0.630. The maximum Gasteiger partial charge on any atom is 0.167 e. The van der Waals surface area contributed by atoms with Crippen LogP contribution in [0.2, 0.25) is 5.02 Å². The first-order chi connectivity index (χ1) is 14.2. The Hall–Kier alpha value is -1.68. The predicted molar refractivity (Wildman–Crippen MR) is 120 cm³/mol. The van der Waals surface area contributed by atoms with Crippen molar-refractivity contribution in [3.63, 3.8) is 0 Å². The molecule has 2 aromatic rings. The summed E-state index contributed by atoms with van der Waals surface area (Å²) in [6.45, 7) is 5.54. The van der Waals surface area contributed by atoms with Crippen LogP contribution in [0.3, 0.4) is 0 Å². The van der Waals surface area contributed by atoms with Crippen molar-refractivity contribution in [1.29, 1.82) is 0 Å². The number of benzene rings is 2. The number of carbonyl (C=O) groups excluding carboxylic acids is 1. The predicted octanol–water partition coefficient (Wildman–Crippen LogP) is 4.94. The van der Waals surface area contributed by atoms with Crippen molar-refractivity contribution >= 4 is 17.4 Å². The van der Waals surface area contributed by atoms with Crippen LogP contribution in [0.1, 0.15) is 41.6 Å². The van der Waals surface area contributed by atoms with E-state index in [0.717, 1.165) is 44.5 Å². The van der Waals surface area contributed by atoms with E-state index in [1.54, 1.807) is 0 Å². The number of piperidine rings is 2. The molecule has 154 valence electrons. The molecule has 0 N–H and O–H groups in total. The molecule has 2 aliphatic heterocycles. The molecule has 0 aromatic heterocycles. The number of carbonyl (C=O) groups is 1. The van der Waals surface area contributed by atoms with Crippen LogP contribution in [0.5, 0.6) is 0 Å². The monoisotopic (exact) mass is 410 g/mol. The number of halogens is 1. The molecule has 0 aliphatic carbocycles. The third-order valence-electron chi connectivity index (χ3n) is 6.59. The van der Waals surface area contributed by atoms with Crippen LogP contribution in [0.25, 0.3) is 0 Å². The standard InChI is InChI=1S/C25H31ClN2O/c26-23-10-8-21(9-11-23)25(29)22-7-4-15-28(19-22)24-13-17-27(18-14-24)16-12-20-5-2-1-3-6-20/h1-3,5-6,8-11,22,24H,4,7,12-19H2. The number of likely N-dealkylation sites (tertiary alicyclic amines) is 2. The molecule has 3 nitrogen and oxygen atoms in total. The van der Waals surface area contributed by atoms with Crippen molar-refractivity contribution in [2.75, 3.05) is 32.7 Å². The number of rotatable bonds is 6. The van der Waals surface area contributed by atoms with Gasteiger partial charge in [0.1, 0.15) is 0 Å². The van der Waals surface area contributed by atoms with E-state index in [1.807, 2.05) is 24.3 Å². The molecule has 2 heterocycles. The van der Waals surface area contributed by atoms with Crippen molar-refractivity contribution in [3.8, 4) is 0 Å². The van der Waals surface area contributed by atoms with Crippen LogP contribution in [0.15, 0.2) is 54.6 Å². The first kappa shape index (κ1) is 20.6. The summed E-state index contributed by atoms with van der Waals surface area (Å²) in [5, 5.41) is 0.686. The second-order valence-corrected chi connectivity index (χ2v) is 8.95. The number of hydrogen-bond donors (Lipinski definition) is 0. The van der Waals surface area contributed by atoms with Crippen LogP contribution in [-0.2, 0) is 6.42 Å². The van der Waals surface area contributed by atoms with Crippen LogP contribution < -0.4 is 0 Å². The Morgan fingerprint density at radius 2 is 1.66 bits per heavy atom. The van der Waals surface area contributed by atoms with E-state index in [9.17, 15) is 4.79 Å². The van der Waals surface area contributed by atoms with Crippen molar-refractivity contribution < 1.29 is 4.79 Å². The molecule has 0 radical (unpaired) electrons. The summed E-state index contributed by atoms with van der Waals surface area (Å²) in [6, 6.07) is 18.8. The second-order valence-electron chi connectivity index (χ2n) is 8.51. The average molecular weight is 411 g/mol. The highest BCUT2D eigenvalue weighted by Gasteiger charge is 2.31. The average Bonchev–Trinajstić information content (AvgIpc) is 2.79. The van der Waals surface area contributed by atoms with Crippen molar-refractivity contribution in [1.82, 2.24) is 9.80 Å². The lowest BCUT2D eigenvalue weighted by Gasteiger charge is -2.42. The van der Waals surface area contributed by atoms with Gasteiger partial charge in [0.05, 0.1) is 0 Å². The van der Waals surface area contributed by atoms with Gasteiger partial charge in [-0.2, -0.15) is 0 Å². The first-order valence-corrected chi connectivity index (χ1v) is 11.4. The highest BCUT2D eigenvalue weighted by Crippen LogP contribution is 2.26. The van der Waals surface area contributed by atoms with Crippen molar-refractivity contribution in [3.05, 3.63) is 70.7 Å². The highest BCUT2D eigenvalue weighted by atomic mass is 35.5. The molecular formula is C25H31ClN2O. The molecule has 2 aliphatic rings. The van der Waals surface area contributed by atoms with Crippen LogP contribution >= 0.6 is 11.6 Å². The molecule has 2 fully saturated rings. The molecule has 4 heteroatoms. The van der Waals surface area contributed by atoms with Gasteiger partial charge in [-0.1, -0.05) is 41.9 Å². The molecule has 1 atom stereocenters. The van der Waals surface area contributed by atoms with E-state index in [4.69, 9.17) is 11.6 Å². The van der Waals surface area contributed by atoms with Gasteiger partial charge in [0.25, 0.3) is 0 Å². The van der Waals surface area contributed by atoms with Crippen LogP contribution in [0.4, 0.5) is 0 Å². The Balaban J connectivity index is 1.26. The van der Waals surface area contributed by atoms with Gasteiger partial charge in [0.15, 0.2) is 5.78 Å². The minimum Gasteiger partial charge on any atom is -0.303 e. The highest BCUT2D eigenvalue weighted by molar-refractivity contribution is 6.30. The van der Waals surface area contributed by atoms with Gasteiger partial charge in [-0.3, -0.25) is 9.69 Å². The van der Waals surface area contributed by atoms with Crippen molar-refractivity contribution in [2.45, 2.75) is 38.1 Å². The smallest absolute Gasteiger partial charge is 0.167 e. The lowest BCUT2D eigenvalue weighted by atomic mass is 9.88. The fourth-order valence-electron chi connectivity index (χ4n) is 4.84. The summed E-state index contributed by atoms with van der Waals surface area (Å²) in [5.74, 6) is 0.410.